The van der Waals surface area contributed by atoms with E-state index in [9.17, 15) is 0 Å². The summed E-state index contributed by atoms with van der Waals surface area (Å²) >= 11 is 0. The molecular formula is C20H27IN6. The number of nitrogens with one attached hydrogen (secondary N) is 2. The molecule has 0 radical (unpaired) electrons. The highest BCUT2D eigenvalue weighted by Gasteiger charge is 2.01. The maximum atomic E-state index is 4.66. The number of hydrogen-bond donors (Lipinski definition) is 2. The van der Waals surface area contributed by atoms with Gasteiger partial charge in [0.1, 0.15) is 0 Å². The van der Waals surface area contributed by atoms with E-state index >= 15 is 0 Å². The third-order valence-corrected chi connectivity index (χ3v) is 4.00. The Kier molecular flexibility index (Phi) is 8.90. The van der Waals surface area contributed by atoms with E-state index in [0.29, 0.717) is 0 Å². The van der Waals surface area contributed by atoms with Crippen molar-refractivity contribution in [3.8, 4) is 5.69 Å². The lowest BCUT2D eigenvalue weighted by Crippen LogP contribution is -2.39. The fourth-order valence-corrected chi connectivity index (χ4v) is 2.67. The van der Waals surface area contributed by atoms with Crippen molar-refractivity contribution in [1.29, 1.82) is 0 Å². The number of aromatic nitrogens is 3. The van der Waals surface area contributed by atoms with Gasteiger partial charge in [-0.2, -0.15) is 5.10 Å². The number of rotatable bonds is 8. The molecule has 6 nitrogen and oxygen atoms in total. The Morgan fingerprint density at radius 3 is 2.59 bits per heavy atom. The molecule has 27 heavy (non-hydrogen) atoms. The van der Waals surface area contributed by atoms with Crippen LogP contribution in [0.1, 0.15) is 12.5 Å². The number of nitrogens with zero attached hydrogens (tertiary/aromatic N) is 4. The summed E-state index contributed by atoms with van der Waals surface area (Å²) in [7, 11) is 0. The first kappa shape index (κ1) is 21.0. The zero-order chi connectivity index (χ0) is 18.0. The van der Waals surface area contributed by atoms with Gasteiger partial charge in [0.05, 0.1) is 11.9 Å². The molecule has 3 rings (SSSR count). The molecule has 3 aromatic rings. The van der Waals surface area contributed by atoms with E-state index in [1.165, 1.54) is 5.56 Å². The van der Waals surface area contributed by atoms with Crippen LogP contribution in [0.5, 0.6) is 0 Å². The van der Waals surface area contributed by atoms with Gasteiger partial charge in [-0.3, -0.25) is 4.99 Å². The van der Waals surface area contributed by atoms with Gasteiger partial charge in [-0.25, -0.2) is 4.68 Å². The first-order chi connectivity index (χ1) is 12.8. The first-order valence-electron chi connectivity index (χ1n) is 9.07. The highest BCUT2D eigenvalue weighted by Crippen LogP contribution is 2.08. The monoisotopic (exact) mass is 478 g/mol. The third kappa shape index (κ3) is 6.74. The van der Waals surface area contributed by atoms with Gasteiger partial charge in [0.2, 0.25) is 0 Å². The molecule has 144 valence electrons. The summed E-state index contributed by atoms with van der Waals surface area (Å²) < 4.78 is 4.05. The molecule has 0 aliphatic heterocycles. The predicted molar refractivity (Wildman–Crippen MR) is 121 cm³/mol. The Bertz CT molecular complexity index is 795. The Hall–Kier alpha value is -2.29. The van der Waals surface area contributed by atoms with Gasteiger partial charge in [-0.15, -0.1) is 24.0 Å². The smallest absolute Gasteiger partial charge is 0.191 e. The summed E-state index contributed by atoms with van der Waals surface area (Å²) in [6.07, 6.45) is 8.97. The summed E-state index contributed by atoms with van der Waals surface area (Å²) in [5.74, 6) is 0.857. The highest BCUT2D eigenvalue weighted by molar-refractivity contribution is 14.0. The molecule has 0 amide bonds. The molecule has 0 fully saturated rings. The fraction of sp³-hybridized carbons (Fsp3) is 0.300. The van der Waals surface area contributed by atoms with Gasteiger partial charge in [0.25, 0.3) is 0 Å². The van der Waals surface area contributed by atoms with Crippen molar-refractivity contribution < 1.29 is 0 Å². The van der Waals surface area contributed by atoms with Crippen LogP contribution in [0, 0.1) is 0 Å². The van der Waals surface area contributed by atoms with Gasteiger partial charge >= 0.3 is 0 Å². The van der Waals surface area contributed by atoms with Crippen LogP contribution in [0.2, 0.25) is 0 Å². The number of aliphatic imine (C=N–C) groups is 1. The molecule has 0 aliphatic rings. The van der Waals surface area contributed by atoms with Crippen LogP contribution in [0.25, 0.3) is 5.69 Å². The summed E-state index contributed by atoms with van der Waals surface area (Å²) in [6, 6.07) is 14.2. The van der Waals surface area contributed by atoms with E-state index in [4.69, 9.17) is 0 Å². The van der Waals surface area contributed by atoms with Crippen molar-refractivity contribution in [2.75, 3.05) is 19.6 Å². The van der Waals surface area contributed by atoms with Gasteiger partial charge < -0.3 is 15.2 Å². The summed E-state index contributed by atoms with van der Waals surface area (Å²) in [5, 5.41) is 11.1. The topological polar surface area (TPSA) is 59.2 Å². The van der Waals surface area contributed by atoms with Crippen molar-refractivity contribution in [1.82, 2.24) is 25.0 Å². The molecule has 0 saturated carbocycles. The number of guanidine groups is 1. The average molecular weight is 478 g/mol. The van der Waals surface area contributed by atoms with Crippen LogP contribution in [0.4, 0.5) is 0 Å². The van der Waals surface area contributed by atoms with E-state index in [-0.39, 0.29) is 24.0 Å². The van der Waals surface area contributed by atoms with Crippen molar-refractivity contribution in [2.24, 2.45) is 4.99 Å². The van der Waals surface area contributed by atoms with Crippen LogP contribution in [0.3, 0.4) is 0 Å². The maximum absolute atomic E-state index is 4.66. The lowest BCUT2D eigenvalue weighted by molar-refractivity contribution is 0.665. The number of benzene rings is 1. The van der Waals surface area contributed by atoms with Gasteiger partial charge in [0, 0.05) is 44.8 Å². The molecule has 2 heterocycles. The molecule has 0 bridgehead atoms. The largest absolute Gasteiger partial charge is 0.357 e. The van der Waals surface area contributed by atoms with Gasteiger partial charge in [0.15, 0.2) is 5.96 Å². The average Bonchev–Trinajstić information content (AvgIpc) is 3.34. The molecule has 0 spiro atoms. The molecule has 1 aromatic carbocycles. The predicted octanol–water partition coefficient (Wildman–Crippen LogP) is 3.09. The van der Waals surface area contributed by atoms with E-state index < -0.39 is 0 Å². The van der Waals surface area contributed by atoms with E-state index in [1.54, 1.807) is 0 Å². The second-order valence-corrected chi connectivity index (χ2v) is 5.99. The molecule has 0 atom stereocenters. The SMILES string of the molecule is CCNC(=NCCc1cnn(-c2ccccc2)c1)NCCn1cccc1.I. The van der Waals surface area contributed by atoms with Gasteiger partial charge in [-0.05, 0) is 43.2 Å². The lowest BCUT2D eigenvalue weighted by atomic mass is 10.2. The zero-order valence-corrected chi connectivity index (χ0v) is 17.9. The van der Waals surface area contributed by atoms with Crippen LogP contribution >= 0.6 is 24.0 Å². The third-order valence-electron chi connectivity index (χ3n) is 4.00. The maximum Gasteiger partial charge on any atom is 0.191 e. The number of hydrogen-bond acceptors (Lipinski definition) is 2. The Morgan fingerprint density at radius 1 is 1.07 bits per heavy atom. The zero-order valence-electron chi connectivity index (χ0n) is 15.6. The quantitative estimate of drug-likeness (QED) is 0.297. The van der Waals surface area contributed by atoms with E-state index in [0.717, 1.165) is 44.2 Å². The van der Waals surface area contributed by atoms with Crippen LogP contribution < -0.4 is 10.6 Å². The fourth-order valence-electron chi connectivity index (χ4n) is 2.67. The molecule has 7 heteroatoms. The summed E-state index contributed by atoms with van der Waals surface area (Å²) in [6.45, 7) is 5.40. The molecule has 0 saturated heterocycles. The normalized spacial score (nSPS) is 11.1. The minimum atomic E-state index is 0. The van der Waals surface area contributed by atoms with Crippen molar-refractivity contribution in [3.63, 3.8) is 0 Å². The number of halogens is 1. The minimum Gasteiger partial charge on any atom is -0.357 e. The van der Waals surface area contributed by atoms with Crippen LogP contribution in [-0.4, -0.2) is 39.9 Å². The second-order valence-electron chi connectivity index (χ2n) is 5.99. The van der Waals surface area contributed by atoms with Crippen LogP contribution in [0.15, 0.2) is 72.2 Å². The standard InChI is InChI=1S/C20H26N6.HI/c1-2-21-20(23-12-15-25-13-6-7-14-25)22-11-10-18-16-24-26(17-18)19-8-4-3-5-9-19;/h3-9,13-14,16-17H,2,10-12,15H2,1H3,(H2,21,22,23);1H. The molecule has 2 N–H and O–H groups in total. The van der Waals surface area contributed by atoms with E-state index in [2.05, 4.69) is 50.8 Å². The van der Waals surface area contributed by atoms with E-state index in [1.807, 2.05) is 53.3 Å². The van der Waals surface area contributed by atoms with Crippen molar-refractivity contribution >= 4 is 29.9 Å². The molecule has 0 aliphatic carbocycles. The van der Waals surface area contributed by atoms with Gasteiger partial charge in [-0.1, -0.05) is 18.2 Å². The first-order valence-corrected chi connectivity index (χ1v) is 9.07. The molecule has 2 aromatic heterocycles. The molecular weight excluding hydrogens is 451 g/mol. The van der Waals surface area contributed by atoms with Crippen molar-refractivity contribution in [2.45, 2.75) is 19.9 Å². The molecule has 0 unspecified atom stereocenters. The Labute approximate surface area is 177 Å². The summed E-state index contributed by atoms with van der Waals surface area (Å²) in [5.41, 5.74) is 2.25. The Balaban J connectivity index is 0.00000261. The summed E-state index contributed by atoms with van der Waals surface area (Å²) in [4.78, 5) is 4.66. The minimum absolute atomic E-state index is 0. The number of para-hydroxylation sites is 1. The van der Waals surface area contributed by atoms with Crippen LogP contribution in [-0.2, 0) is 13.0 Å². The lowest BCUT2D eigenvalue weighted by Gasteiger charge is -2.11. The van der Waals surface area contributed by atoms with Crippen molar-refractivity contribution in [3.05, 3.63) is 72.8 Å². The highest BCUT2D eigenvalue weighted by atomic mass is 127. The Morgan fingerprint density at radius 2 is 1.85 bits per heavy atom. The second kappa shape index (κ2) is 11.4.